The topological polar surface area (TPSA) is 45.2 Å². The predicted octanol–water partition coefficient (Wildman–Crippen LogP) is 5.94. The minimum absolute atomic E-state index is 0.209. The maximum absolute atomic E-state index is 9.37. The lowest BCUT2D eigenvalue weighted by Gasteiger charge is -2.22. The van der Waals surface area contributed by atoms with Gasteiger partial charge in [-0.2, -0.15) is 0 Å². The second kappa shape index (κ2) is 15.2. The molecule has 0 atom stereocenters. The van der Waals surface area contributed by atoms with Crippen LogP contribution >= 0.6 is 0 Å². The van der Waals surface area contributed by atoms with Crippen LogP contribution in [0.25, 0.3) is 11.1 Å². The van der Waals surface area contributed by atoms with Crippen molar-refractivity contribution in [2.24, 2.45) is 5.92 Å². The highest BCUT2D eigenvalue weighted by Gasteiger charge is 2.14. The Balaban J connectivity index is 1.55. The second-order valence-electron chi connectivity index (χ2n) is 10.6. The number of benzene rings is 2. The van der Waals surface area contributed by atoms with Crippen molar-refractivity contribution in [2.45, 2.75) is 59.8 Å². The van der Waals surface area contributed by atoms with Gasteiger partial charge in [0.15, 0.2) is 0 Å². The zero-order valence-corrected chi connectivity index (χ0v) is 23.1. The van der Waals surface area contributed by atoms with Crippen molar-refractivity contribution < 1.29 is 14.6 Å². The molecule has 1 N–H and O–H groups in total. The zero-order chi connectivity index (χ0) is 25.8. The normalized spacial score (nSPS) is 14.2. The fraction of sp³-hybridized carbons (Fsp3) is 0.613. The summed E-state index contributed by atoms with van der Waals surface area (Å²) in [5, 5.41) is 9.37. The molecule has 200 valence electrons. The average molecular weight is 497 g/mol. The Morgan fingerprint density at radius 2 is 1.42 bits per heavy atom. The van der Waals surface area contributed by atoms with Gasteiger partial charge in [0.1, 0.15) is 11.5 Å². The van der Waals surface area contributed by atoms with Crippen LogP contribution in [0.4, 0.5) is 0 Å². The molecule has 1 heterocycles. The predicted molar refractivity (Wildman–Crippen MR) is 150 cm³/mol. The van der Waals surface area contributed by atoms with E-state index in [1.807, 2.05) is 0 Å². The van der Waals surface area contributed by atoms with Crippen molar-refractivity contribution in [3.8, 4) is 22.6 Å². The molecular formula is C31H48N2O3. The lowest BCUT2D eigenvalue weighted by atomic mass is 9.95. The first-order valence-electron chi connectivity index (χ1n) is 14.0. The Labute approximate surface area is 219 Å². The van der Waals surface area contributed by atoms with Gasteiger partial charge in [0.25, 0.3) is 0 Å². The van der Waals surface area contributed by atoms with E-state index < -0.39 is 0 Å². The lowest BCUT2D eigenvalue weighted by molar-refractivity contribution is 0.177. The van der Waals surface area contributed by atoms with Crippen LogP contribution in [-0.2, 0) is 0 Å². The first kappa shape index (κ1) is 28.5. The Bertz CT molecular complexity index is 909. The highest BCUT2D eigenvalue weighted by molar-refractivity contribution is 5.74. The number of rotatable bonds is 16. The van der Waals surface area contributed by atoms with Crippen molar-refractivity contribution in [3.63, 3.8) is 0 Å². The molecule has 1 fully saturated rings. The SMILES string of the molecule is Cc1c(OCCCN2CCCC2)cccc1-c1cccc(OCCCN(CCO)CCC(C)C)c1C. The number of hydrogen-bond donors (Lipinski definition) is 1. The van der Waals surface area contributed by atoms with Gasteiger partial charge in [-0.05, 0) is 106 Å². The molecule has 0 amide bonds. The van der Waals surface area contributed by atoms with Crippen molar-refractivity contribution in [3.05, 3.63) is 47.5 Å². The third-order valence-corrected chi connectivity index (χ3v) is 7.25. The molecule has 1 aliphatic heterocycles. The Hall–Kier alpha value is -2.08. The third-order valence-electron chi connectivity index (χ3n) is 7.25. The molecular weight excluding hydrogens is 448 g/mol. The molecule has 5 nitrogen and oxygen atoms in total. The van der Waals surface area contributed by atoms with Crippen LogP contribution < -0.4 is 9.47 Å². The minimum atomic E-state index is 0.209. The van der Waals surface area contributed by atoms with Crippen LogP contribution in [0.3, 0.4) is 0 Å². The van der Waals surface area contributed by atoms with E-state index in [0.29, 0.717) is 12.5 Å². The molecule has 1 aliphatic rings. The lowest BCUT2D eigenvalue weighted by Crippen LogP contribution is -2.30. The van der Waals surface area contributed by atoms with Gasteiger partial charge >= 0.3 is 0 Å². The molecule has 2 aromatic rings. The number of nitrogens with zero attached hydrogens (tertiary/aromatic N) is 2. The van der Waals surface area contributed by atoms with Gasteiger partial charge in [0.05, 0.1) is 19.8 Å². The number of hydrogen-bond acceptors (Lipinski definition) is 5. The molecule has 0 bridgehead atoms. The summed E-state index contributed by atoms with van der Waals surface area (Å²) >= 11 is 0. The van der Waals surface area contributed by atoms with Gasteiger partial charge in [0.2, 0.25) is 0 Å². The summed E-state index contributed by atoms with van der Waals surface area (Å²) in [6.07, 6.45) is 5.85. The first-order chi connectivity index (χ1) is 17.5. The average Bonchev–Trinajstić information content (AvgIpc) is 3.38. The minimum Gasteiger partial charge on any atom is -0.493 e. The van der Waals surface area contributed by atoms with Crippen molar-refractivity contribution in [2.75, 3.05) is 59.1 Å². The monoisotopic (exact) mass is 496 g/mol. The maximum Gasteiger partial charge on any atom is 0.122 e. The van der Waals surface area contributed by atoms with Gasteiger partial charge in [-0.15, -0.1) is 0 Å². The molecule has 36 heavy (non-hydrogen) atoms. The van der Waals surface area contributed by atoms with E-state index in [-0.39, 0.29) is 6.61 Å². The fourth-order valence-electron chi connectivity index (χ4n) is 4.99. The molecule has 0 saturated carbocycles. The molecule has 1 saturated heterocycles. The van der Waals surface area contributed by atoms with Gasteiger partial charge in [-0.3, -0.25) is 0 Å². The van der Waals surface area contributed by atoms with Gasteiger partial charge in [0, 0.05) is 19.6 Å². The Morgan fingerprint density at radius 1 is 0.833 bits per heavy atom. The van der Waals surface area contributed by atoms with Crippen LogP contribution in [0.5, 0.6) is 11.5 Å². The fourth-order valence-corrected chi connectivity index (χ4v) is 4.99. The van der Waals surface area contributed by atoms with Gasteiger partial charge in [-0.25, -0.2) is 0 Å². The number of likely N-dealkylation sites (tertiary alicyclic amines) is 1. The van der Waals surface area contributed by atoms with E-state index in [0.717, 1.165) is 63.5 Å². The smallest absolute Gasteiger partial charge is 0.122 e. The van der Waals surface area contributed by atoms with E-state index in [9.17, 15) is 5.11 Å². The van der Waals surface area contributed by atoms with Crippen LogP contribution in [0, 0.1) is 19.8 Å². The molecule has 5 heteroatoms. The van der Waals surface area contributed by atoms with E-state index in [2.05, 4.69) is 73.9 Å². The maximum atomic E-state index is 9.37. The molecule has 0 unspecified atom stereocenters. The highest BCUT2D eigenvalue weighted by Crippen LogP contribution is 2.35. The van der Waals surface area contributed by atoms with Crippen LogP contribution in [0.1, 0.15) is 57.1 Å². The summed E-state index contributed by atoms with van der Waals surface area (Å²) in [6.45, 7) is 16.8. The van der Waals surface area contributed by atoms with Gasteiger partial charge in [-0.1, -0.05) is 38.1 Å². The van der Waals surface area contributed by atoms with E-state index >= 15 is 0 Å². The summed E-state index contributed by atoms with van der Waals surface area (Å²) < 4.78 is 12.4. The van der Waals surface area contributed by atoms with Crippen molar-refractivity contribution in [1.82, 2.24) is 9.80 Å². The molecule has 2 aromatic carbocycles. The highest BCUT2D eigenvalue weighted by atomic mass is 16.5. The molecule has 3 rings (SSSR count). The van der Waals surface area contributed by atoms with E-state index in [1.54, 1.807) is 0 Å². The first-order valence-corrected chi connectivity index (χ1v) is 14.0. The van der Waals surface area contributed by atoms with Crippen LogP contribution in [0.15, 0.2) is 36.4 Å². The molecule has 0 aromatic heterocycles. The zero-order valence-electron chi connectivity index (χ0n) is 23.1. The molecule has 0 spiro atoms. The van der Waals surface area contributed by atoms with Crippen LogP contribution in [-0.4, -0.2) is 74.0 Å². The van der Waals surface area contributed by atoms with Crippen molar-refractivity contribution in [1.29, 1.82) is 0 Å². The third kappa shape index (κ3) is 8.79. The largest absolute Gasteiger partial charge is 0.493 e. The number of aliphatic hydroxyl groups excluding tert-OH is 1. The summed E-state index contributed by atoms with van der Waals surface area (Å²) in [6, 6.07) is 12.7. The van der Waals surface area contributed by atoms with E-state index in [4.69, 9.17) is 9.47 Å². The summed E-state index contributed by atoms with van der Waals surface area (Å²) in [5.41, 5.74) is 4.76. The number of ether oxygens (including phenoxy) is 2. The molecule has 0 aliphatic carbocycles. The molecule has 0 radical (unpaired) electrons. The summed E-state index contributed by atoms with van der Waals surface area (Å²) in [5.74, 6) is 2.60. The van der Waals surface area contributed by atoms with Gasteiger partial charge < -0.3 is 24.4 Å². The van der Waals surface area contributed by atoms with E-state index in [1.165, 1.54) is 48.2 Å². The number of aliphatic hydroxyl groups is 1. The Kier molecular flexibility index (Phi) is 12.1. The Morgan fingerprint density at radius 3 is 1.97 bits per heavy atom. The quantitative estimate of drug-likeness (QED) is 0.291. The van der Waals surface area contributed by atoms with Crippen LogP contribution in [0.2, 0.25) is 0 Å². The standard InChI is InChI=1S/C31H48N2O3/c1-25(2)15-20-33(21-22-34)19-10-24-36-31-14-8-12-29(27(31)4)28-11-7-13-30(26(28)3)35-23-9-18-32-16-5-6-17-32/h7-8,11-14,25,34H,5-6,9-10,15-24H2,1-4H3. The van der Waals surface area contributed by atoms with Crippen molar-refractivity contribution >= 4 is 0 Å². The summed E-state index contributed by atoms with van der Waals surface area (Å²) in [4.78, 5) is 4.88. The second-order valence-corrected chi connectivity index (χ2v) is 10.6. The summed E-state index contributed by atoms with van der Waals surface area (Å²) in [7, 11) is 0.